The number of likely N-dealkylation sites (N-methyl/N-ethyl adjacent to an activating group) is 1. The molecule has 1 atom stereocenters. The van der Waals surface area contributed by atoms with E-state index in [9.17, 15) is 4.79 Å². The number of hydrogen-bond donors (Lipinski definition) is 1. The first-order valence-corrected chi connectivity index (χ1v) is 4.73. The molecule has 0 aromatic carbocycles. The minimum absolute atomic E-state index is 0.121. The highest BCUT2D eigenvalue weighted by Gasteiger charge is 2.31. The van der Waals surface area contributed by atoms with Gasteiger partial charge in [0, 0.05) is 25.6 Å². The average Bonchev–Trinajstić information content (AvgIpc) is 2.80. The quantitative estimate of drug-likeness (QED) is 0.644. The molecule has 1 N–H and O–H groups in total. The summed E-state index contributed by atoms with van der Waals surface area (Å²) in [4.78, 5) is 13.6. The molecule has 1 saturated carbocycles. The second-order valence-corrected chi connectivity index (χ2v) is 3.89. The van der Waals surface area contributed by atoms with Crippen LogP contribution in [0.4, 0.5) is 0 Å². The van der Waals surface area contributed by atoms with E-state index in [-0.39, 0.29) is 6.04 Å². The van der Waals surface area contributed by atoms with Gasteiger partial charge in [-0.05, 0) is 19.9 Å². The van der Waals surface area contributed by atoms with Gasteiger partial charge in [-0.3, -0.25) is 4.79 Å². The van der Waals surface area contributed by atoms with Crippen LogP contribution in [0, 0.1) is 0 Å². The van der Waals surface area contributed by atoms with E-state index in [1.807, 2.05) is 0 Å². The number of rotatable bonds is 3. The smallest absolute Gasteiger partial charge is 0.152 e. The number of nitrogens with one attached hydrogen (secondary N) is 1. The molecule has 1 aliphatic carbocycles. The molecule has 0 spiro atoms. The predicted octanol–water partition coefficient (Wildman–Crippen LogP) is 0.0116. The minimum atomic E-state index is 0.121. The molecule has 0 amide bonds. The van der Waals surface area contributed by atoms with Crippen molar-refractivity contribution in [2.24, 2.45) is 0 Å². The number of Topliss-reactive ketones (excluding diaryl/α,β-unsaturated/α-hetero) is 1. The number of carbonyl (C=O) groups excluding carboxylic acids is 1. The number of carbonyl (C=O) groups is 1. The van der Waals surface area contributed by atoms with Crippen molar-refractivity contribution >= 4 is 5.78 Å². The summed E-state index contributed by atoms with van der Waals surface area (Å²) in [5, 5.41) is 3.23. The highest BCUT2D eigenvalue weighted by molar-refractivity contribution is 5.86. The first kappa shape index (κ1) is 8.20. The maximum Gasteiger partial charge on any atom is 0.152 e. The molecule has 3 heteroatoms. The Labute approximate surface area is 73.1 Å². The molecule has 0 aromatic heterocycles. The van der Waals surface area contributed by atoms with Crippen LogP contribution in [-0.2, 0) is 4.79 Å². The van der Waals surface area contributed by atoms with Crippen LogP contribution >= 0.6 is 0 Å². The summed E-state index contributed by atoms with van der Waals surface area (Å²) in [5.74, 6) is 0.391. The summed E-state index contributed by atoms with van der Waals surface area (Å²) in [6, 6.07) is 0.885. The molecule has 1 saturated heterocycles. The van der Waals surface area contributed by atoms with Gasteiger partial charge in [0.15, 0.2) is 5.78 Å². The van der Waals surface area contributed by atoms with E-state index >= 15 is 0 Å². The van der Waals surface area contributed by atoms with Crippen molar-refractivity contribution in [3.8, 4) is 0 Å². The van der Waals surface area contributed by atoms with Gasteiger partial charge >= 0.3 is 0 Å². The standard InChI is InChI=1S/C9H16N2O/c1-11(7-2-3-7)6-8-9(12)4-5-10-8/h7-8,10H,2-6H2,1H3. The SMILES string of the molecule is CN(CC1NCCC1=O)C1CC1. The first-order valence-electron chi connectivity index (χ1n) is 4.73. The third-order valence-electron chi connectivity index (χ3n) is 2.79. The molecule has 1 unspecified atom stereocenters. The highest BCUT2D eigenvalue weighted by Crippen LogP contribution is 2.25. The summed E-state index contributed by atoms with van der Waals surface area (Å²) in [6.07, 6.45) is 3.36. The van der Waals surface area contributed by atoms with Gasteiger partial charge in [-0.25, -0.2) is 0 Å². The monoisotopic (exact) mass is 168 g/mol. The Morgan fingerprint density at radius 3 is 2.83 bits per heavy atom. The fraction of sp³-hybridized carbons (Fsp3) is 0.889. The lowest BCUT2D eigenvalue weighted by Gasteiger charge is -2.19. The fourth-order valence-electron chi connectivity index (χ4n) is 1.78. The maximum absolute atomic E-state index is 11.3. The third-order valence-corrected chi connectivity index (χ3v) is 2.79. The molecule has 0 aromatic rings. The van der Waals surface area contributed by atoms with Gasteiger partial charge in [0.05, 0.1) is 6.04 Å². The summed E-state index contributed by atoms with van der Waals surface area (Å²) in [5.41, 5.74) is 0. The zero-order valence-corrected chi connectivity index (χ0v) is 7.55. The Hall–Kier alpha value is -0.410. The normalized spacial score (nSPS) is 30.2. The van der Waals surface area contributed by atoms with Crippen molar-refractivity contribution in [1.29, 1.82) is 0 Å². The second kappa shape index (κ2) is 3.15. The fourth-order valence-corrected chi connectivity index (χ4v) is 1.78. The van der Waals surface area contributed by atoms with Gasteiger partial charge < -0.3 is 10.2 Å². The van der Waals surface area contributed by atoms with E-state index in [2.05, 4.69) is 17.3 Å². The van der Waals surface area contributed by atoms with Crippen LogP contribution in [-0.4, -0.2) is 42.9 Å². The lowest BCUT2D eigenvalue weighted by atomic mass is 10.2. The van der Waals surface area contributed by atoms with Gasteiger partial charge in [-0.2, -0.15) is 0 Å². The third kappa shape index (κ3) is 1.67. The van der Waals surface area contributed by atoms with Crippen molar-refractivity contribution in [3.63, 3.8) is 0 Å². The van der Waals surface area contributed by atoms with E-state index in [4.69, 9.17) is 0 Å². The second-order valence-electron chi connectivity index (χ2n) is 3.89. The summed E-state index contributed by atoms with van der Waals surface area (Å²) < 4.78 is 0. The Balaban J connectivity index is 1.80. The molecule has 68 valence electrons. The Morgan fingerprint density at radius 1 is 1.58 bits per heavy atom. The van der Waals surface area contributed by atoms with E-state index in [0.717, 1.165) is 25.6 Å². The molecule has 3 nitrogen and oxygen atoms in total. The lowest BCUT2D eigenvalue weighted by molar-refractivity contribution is -0.119. The molecule has 2 rings (SSSR count). The maximum atomic E-state index is 11.3. The molecule has 0 bridgehead atoms. The van der Waals surface area contributed by atoms with E-state index in [0.29, 0.717) is 5.78 Å². The molecule has 1 heterocycles. The van der Waals surface area contributed by atoms with E-state index in [1.54, 1.807) is 0 Å². The molecule has 0 radical (unpaired) electrons. The van der Waals surface area contributed by atoms with E-state index < -0.39 is 0 Å². The highest BCUT2D eigenvalue weighted by atomic mass is 16.1. The number of ketones is 1. The zero-order valence-electron chi connectivity index (χ0n) is 7.55. The average molecular weight is 168 g/mol. The van der Waals surface area contributed by atoms with Crippen LogP contribution in [0.2, 0.25) is 0 Å². The van der Waals surface area contributed by atoms with Crippen LogP contribution in [0.15, 0.2) is 0 Å². The summed E-state index contributed by atoms with van der Waals surface area (Å²) >= 11 is 0. The van der Waals surface area contributed by atoms with Gasteiger partial charge in [-0.15, -0.1) is 0 Å². The van der Waals surface area contributed by atoms with Crippen LogP contribution < -0.4 is 5.32 Å². The van der Waals surface area contributed by atoms with Gasteiger partial charge in [-0.1, -0.05) is 0 Å². The Morgan fingerprint density at radius 2 is 2.33 bits per heavy atom. The number of nitrogens with zero attached hydrogens (tertiary/aromatic N) is 1. The van der Waals surface area contributed by atoms with Crippen molar-refractivity contribution in [2.45, 2.75) is 31.3 Å². The van der Waals surface area contributed by atoms with Crippen molar-refractivity contribution in [2.75, 3.05) is 20.1 Å². The van der Waals surface area contributed by atoms with Crippen LogP contribution in [0.5, 0.6) is 0 Å². The van der Waals surface area contributed by atoms with Crippen LogP contribution in [0.3, 0.4) is 0 Å². The predicted molar refractivity (Wildman–Crippen MR) is 47.1 cm³/mol. The first-order chi connectivity index (χ1) is 5.77. The van der Waals surface area contributed by atoms with Gasteiger partial charge in [0.2, 0.25) is 0 Å². The van der Waals surface area contributed by atoms with Crippen molar-refractivity contribution in [3.05, 3.63) is 0 Å². The van der Waals surface area contributed by atoms with E-state index in [1.165, 1.54) is 12.8 Å². The Bertz CT molecular complexity index is 189. The largest absolute Gasteiger partial charge is 0.306 e. The molecule has 2 aliphatic rings. The van der Waals surface area contributed by atoms with Gasteiger partial charge in [0.1, 0.15) is 0 Å². The lowest BCUT2D eigenvalue weighted by Crippen LogP contribution is -2.40. The number of hydrogen-bond acceptors (Lipinski definition) is 3. The Kier molecular flexibility index (Phi) is 2.15. The zero-order chi connectivity index (χ0) is 8.55. The molecule has 12 heavy (non-hydrogen) atoms. The van der Waals surface area contributed by atoms with Crippen molar-refractivity contribution in [1.82, 2.24) is 10.2 Å². The molecular formula is C9H16N2O. The molecule has 2 fully saturated rings. The topological polar surface area (TPSA) is 32.3 Å². The molecular weight excluding hydrogens is 152 g/mol. The molecule has 1 aliphatic heterocycles. The van der Waals surface area contributed by atoms with Crippen LogP contribution in [0.1, 0.15) is 19.3 Å². The summed E-state index contributed by atoms with van der Waals surface area (Å²) in [6.45, 7) is 1.78. The van der Waals surface area contributed by atoms with Crippen molar-refractivity contribution < 1.29 is 4.79 Å². The van der Waals surface area contributed by atoms with Gasteiger partial charge in [0.25, 0.3) is 0 Å². The van der Waals surface area contributed by atoms with Crippen LogP contribution in [0.25, 0.3) is 0 Å². The summed E-state index contributed by atoms with van der Waals surface area (Å²) in [7, 11) is 2.12. The minimum Gasteiger partial charge on any atom is -0.306 e.